The molecule has 1 aliphatic heterocycles. The van der Waals surface area contributed by atoms with E-state index in [2.05, 4.69) is 5.32 Å². The number of hydrogen-bond acceptors (Lipinski definition) is 3. The van der Waals surface area contributed by atoms with Crippen LogP contribution in [0.2, 0.25) is 5.02 Å². The van der Waals surface area contributed by atoms with Gasteiger partial charge >= 0.3 is 0 Å². The number of benzene rings is 1. The largest absolute Gasteiger partial charge is 0.314 e. The van der Waals surface area contributed by atoms with Crippen LogP contribution in [0.5, 0.6) is 0 Å². The molecule has 1 aromatic carbocycles. The molecule has 4 nitrogen and oxygen atoms in total. The third kappa shape index (κ3) is 3.38. The fraction of sp³-hybridized carbons (Fsp3) is 0.455. The molecule has 1 saturated heterocycles. The summed E-state index contributed by atoms with van der Waals surface area (Å²) in [4.78, 5) is -0.0423. The number of nitrogens with one attached hydrogen (secondary N) is 1. The molecule has 1 heterocycles. The van der Waals surface area contributed by atoms with Crippen molar-refractivity contribution in [1.82, 2.24) is 9.62 Å². The molecule has 0 saturated carbocycles. The summed E-state index contributed by atoms with van der Waals surface area (Å²) in [6, 6.07) is 3.18. The second kappa shape index (κ2) is 6.37. The van der Waals surface area contributed by atoms with Gasteiger partial charge in [-0.15, -0.1) is 12.4 Å². The second-order valence-electron chi connectivity index (χ2n) is 4.24. The molecule has 1 N–H and O–H groups in total. The van der Waals surface area contributed by atoms with E-state index in [0.717, 1.165) is 12.1 Å². The maximum absolute atomic E-state index is 13.0. The maximum Gasteiger partial charge on any atom is 0.244 e. The third-order valence-electron chi connectivity index (χ3n) is 2.92. The Morgan fingerprint density at radius 2 is 2.16 bits per heavy atom. The molecule has 108 valence electrons. The van der Waals surface area contributed by atoms with Crippen molar-refractivity contribution >= 4 is 34.0 Å². The van der Waals surface area contributed by atoms with Crippen molar-refractivity contribution in [3.05, 3.63) is 29.0 Å². The summed E-state index contributed by atoms with van der Waals surface area (Å²) in [6.07, 6.45) is 0. The minimum Gasteiger partial charge on any atom is -0.314 e. The molecule has 0 spiro atoms. The van der Waals surface area contributed by atoms with Crippen LogP contribution in [0.1, 0.15) is 6.92 Å². The standard InChI is InChI=1S/C11H14ClFN2O2S.ClH/c1-8-7-14-4-5-15(8)18(16,17)11-3-2-9(13)6-10(11)12;/h2-3,6,8,14H,4-5,7H2,1H3;1H/t8-;/m1./s1. The highest BCUT2D eigenvalue weighted by molar-refractivity contribution is 7.89. The van der Waals surface area contributed by atoms with Gasteiger partial charge in [-0.2, -0.15) is 4.31 Å². The molecule has 0 amide bonds. The van der Waals surface area contributed by atoms with Crippen molar-refractivity contribution in [2.45, 2.75) is 17.9 Å². The predicted octanol–water partition coefficient (Wildman–Crippen LogP) is 1.88. The number of halogens is 3. The Bertz CT molecular complexity index is 554. The average molecular weight is 329 g/mol. The van der Waals surface area contributed by atoms with Crippen LogP contribution >= 0.6 is 24.0 Å². The number of hydrogen-bond donors (Lipinski definition) is 1. The number of rotatable bonds is 2. The Morgan fingerprint density at radius 3 is 2.74 bits per heavy atom. The van der Waals surface area contributed by atoms with Crippen LogP contribution in [0.4, 0.5) is 4.39 Å². The highest BCUT2D eigenvalue weighted by atomic mass is 35.5. The van der Waals surface area contributed by atoms with E-state index >= 15 is 0 Å². The monoisotopic (exact) mass is 328 g/mol. The van der Waals surface area contributed by atoms with E-state index in [1.165, 1.54) is 10.4 Å². The van der Waals surface area contributed by atoms with Gasteiger partial charge in [-0.3, -0.25) is 0 Å². The zero-order chi connectivity index (χ0) is 13.3. The number of sulfonamides is 1. The third-order valence-corrected chi connectivity index (χ3v) is 5.42. The van der Waals surface area contributed by atoms with Gasteiger partial charge in [0.2, 0.25) is 10.0 Å². The van der Waals surface area contributed by atoms with Crippen molar-refractivity contribution < 1.29 is 12.8 Å². The van der Waals surface area contributed by atoms with Crippen molar-refractivity contribution in [3.63, 3.8) is 0 Å². The van der Waals surface area contributed by atoms with Crippen LogP contribution < -0.4 is 5.32 Å². The lowest BCUT2D eigenvalue weighted by Crippen LogP contribution is -2.52. The lowest BCUT2D eigenvalue weighted by molar-refractivity contribution is 0.284. The molecule has 1 aromatic rings. The van der Waals surface area contributed by atoms with Crippen molar-refractivity contribution in [2.75, 3.05) is 19.6 Å². The molecule has 0 radical (unpaired) electrons. The van der Waals surface area contributed by atoms with Crippen molar-refractivity contribution in [3.8, 4) is 0 Å². The zero-order valence-corrected chi connectivity index (χ0v) is 12.7. The Kier molecular flexibility index (Phi) is 5.58. The molecule has 0 aromatic heterocycles. The molecular weight excluding hydrogens is 314 g/mol. The molecule has 1 atom stereocenters. The lowest BCUT2D eigenvalue weighted by Gasteiger charge is -2.33. The molecule has 0 unspecified atom stereocenters. The van der Waals surface area contributed by atoms with E-state index < -0.39 is 15.8 Å². The van der Waals surface area contributed by atoms with Crippen LogP contribution in [0, 0.1) is 5.82 Å². The summed E-state index contributed by atoms with van der Waals surface area (Å²) < 4.78 is 39.2. The molecule has 1 aliphatic rings. The van der Waals surface area contributed by atoms with Gasteiger partial charge in [-0.25, -0.2) is 12.8 Å². The molecular formula is C11H15Cl2FN2O2S. The maximum atomic E-state index is 13.0. The van der Waals surface area contributed by atoms with E-state index in [0.29, 0.717) is 19.6 Å². The average Bonchev–Trinajstić information content (AvgIpc) is 2.28. The van der Waals surface area contributed by atoms with Gasteiger partial charge in [0, 0.05) is 25.7 Å². The molecule has 2 rings (SSSR count). The van der Waals surface area contributed by atoms with E-state index in [4.69, 9.17) is 11.6 Å². The number of piperazine rings is 1. The Labute approximate surface area is 123 Å². The van der Waals surface area contributed by atoms with Gasteiger partial charge in [-0.05, 0) is 25.1 Å². The van der Waals surface area contributed by atoms with Gasteiger partial charge < -0.3 is 5.32 Å². The van der Waals surface area contributed by atoms with Crippen LogP contribution in [0.25, 0.3) is 0 Å². The first-order chi connectivity index (χ1) is 8.43. The van der Waals surface area contributed by atoms with E-state index in [1.54, 1.807) is 0 Å². The molecule has 8 heteroatoms. The van der Waals surface area contributed by atoms with Crippen LogP contribution in [-0.4, -0.2) is 38.4 Å². The lowest BCUT2D eigenvalue weighted by atomic mass is 10.3. The molecule has 0 bridgehead atoms. The summed E-state index contributed by atoms with van der Waals surface area (Å²) in [5.41, 5.74) is 0. The summed E-state index contributed by atoms with van der Waals surface area (Å²) in [5, 5.41) is 3.03. The first-order valence-corrected chi connectivity index (χ1v) is 7.42. The highest BCUT2D eigenvalue weighted by Gasteiger charge is 2.32. The van der Waals surface area contributed by atoms with Crippen LogP contribution in [-0.2, 0) is 10.0 Å². The summed E-state index contributed by atoms with van der Waals surface area (Å²) >= 11 is 5.82. The van der Waals surface area contributed by atoms with Gasteiger partial charge in [0.25, 0.3) is 0 Å². The second-order valence-corrected chi connectivity index (χ2v) is 6.51. The fourth-order valence-corrected chi connectivity index (χ4v) is 4.13. The van der Waals surface area contributed by atoms with Gasteiger partial charge in [-0.1, -0.05) is 11.6 Å². The predicted molar refractivity (Wildman–Crippen MR) is 74.9 cm³/mol. The summed E-state index contributed by atoms with van der Waals surface area (Å²) in [5.74, 6) is -0.549. The van der Waals surface area contributed by atoms with Crippen LogP contribution in [0.15, 0.2) is 23.1 Å². The van der Waals surface area contributed by atoms with E-state index in [-0.39, 0.29) is 28.4 Å². The van der Waals surface area contributed by atoms with Crippen molar-refractivity contribution in [1.29, 1.82) is 0 Å². The molecule has 19 heavy (non-hydrogen) atoms. The number of nitrogens with zero attached hydrogens (tertiary/aromatic N) is 1. The van der Waals surface area contributed by atoms with Gasteiger partial charge in [0.15, 0.2) is 0 Å². The van der Waals surface area contributed by atoms with Gasteiger partial charge in [0.1, 0.15) is 10.7 Å². The zero-order valence-electron chi connectivity index (χ0n) is 10.3. The highest BCUT2D eigenvalue weighted by Crippen LogP contribution is 2.26. The first kappa shape index (κ1) is 16.7. The molecule has 0 aliphatic carbocycles. The summed E-state index contributed by atoms with van der Waals surface area (Å²) in [7, 11) is -3.66. The van der Waals surface area contributed by atoms with E-state index in [9.17, 15) is 12.8 Å². The minimum atomic E-state index is -3.66. The topological polar surface area (TPSA) is 49.4 Å². The Morgan fingerprint density at radius 1 is 1.47 bits per heavy atom. The smallest absolute Gasteiger partial charge is 0.244 e. The normalized spacial score (nSPS) is 20.9. The molecule has 1 fully saturated rings. The van der Waals surface area contributed by atoms with E-state index in [1.807, 2.05) is 6.92 Å². The van der Waals surface area contributed by atoms with Gasteiger partial charge in [0.05, 0.1) is 5.02 Å². The SMILES string of the molecule is C[C@@H]1CNCCN1S(=O)(=O)c1ccc(F)cc1Cl.Cl. The quantitative estimate of drug-likeness (QED) is 0.901. The fourth-order valence-electron chi connectivity index (χ4n) is 1.99. The first-order valence-electron chi connectivity index (χ1n) is 5.60. The Balaban J connectivity index is 0.00000180. The van der Waals surface area contributed by atoms with Crippen LogP contribution in [0.3, 0.4) is 0 Å². The Hall–Kier alpha value is -0.400. The minimum absolute atomic E-state index is 0. The van der Waals surface area contributed by atoms with Crippen molar-refractivity contribution in [2.24, 2.45) is 0 Å². The summed E-state index contributed by atoms with van der Waals surface area (Å²) in [6.45, 7) is 3.40.